The molecule has 2 aromatic carbocycles. The van der Waals surface area contributed by atoms with Crippen LogP contribution in [0.25, 0.3) is 21.9 Å². The molecule has 1 atom stereocenters. The maximum atomic E-state index is 15.5. The van der Waals surface area contributed by atoms with Gasteiger partial charge in [-0.25, -0.2) is 18.6 Å². The van der Waals surface area contributed by atoms with Gasteiger partial charge in [-0.05, 0) is 74.4 Å². The van der Waals surface area contributed by atoms with Crippen molar-refractivity contribution in [3.8, 4) is 6.07 Å². The van der Waals surface area contributed by atoms with Crippen LogP contribution in [0.1, 0.15) is 79.3 Å². The van der Waals surface area contributed by atoms with Gasteiger partial charge in [0.1, 0.15) is 23.5 Å². The fourth-order valence-electron chi connectivity index (χ4n) is 8.40. The Morgan fingerprint density at radius 2 is 1.83 bits per heavy atom. The number of alkyl halides is 5. The van der Waals surface area contributed by atoms with Gasteiger partial charge in [0.2, 0.25) is 12.3 Å². The summed E-state index contributed by atoms with van der Waals surface area (Å²) in [6.45, 7) is 1.45. The van der Waals surface area contributed by atoms with E-state index in [0.717, 1.165) is 31.0 Å². The average Bonchev–Trinajstić information content (AvgIpc) is 3.73. The molecule has 1 unspecified atom stereocenters. The Morgan fingerprint density at radius 1 is 1.08 bits per heavy atom. The molecule has 59 heavy (non-hydrogen) atoms. The van der Waals surface area contributed by atoms with Crippen LogP contribution in [0.3, 0.4) is 0 Å². The number of rotatable bonds is 11. The number of aromatic nitrogens is 5. The first-order chi connectivity index (χ1) is 28.1. The van der Waals surface area contributed by atoms with Crippen LogP contribution in [-0.4, -0.2) is 79.2 Å². The number of nitrogens with zero attached hydrogens (tertiary/aromatic N) is 8. The Labute approximate surface area is 334 Å². The van der Waals surface area contributed by atoms with Gasteiger partial charge in [-0.1, -0.05) is 25.5 Å². The molecule has 0 spiro atoms. The van der Waals surface area contributed by atoms with E-state index in [1.807, 2.05) is 13.0 Å². The summed E-state index contributed by atoms with van der Waals surface area (Å²) in [5, 5.41) is 19.7. The molecule has 4 heterocycles. The molecule has 5 aromatic rings. The van der Waals surface area contributed by atoms with Crippen LogP contribution in [0.5, 0.6) is 0 Å². The van der Waals surface area contributed by atoms with Gasteiger partial charge in [0, 0.05) is 25.2 Å². The number of carbonyl (C=O) groups is 3. The maximum absolute atomic E-state index is 15.5. The fraction of sp³-hybridized carbons (Fsp3) is 0.425. The molecule has 14 nitrogen and oxygen atoms in total. The van der Waals surface area contributed by atoms with Crippen LogP contribution in [0.2, 0.25) is 0 Å². The van der Waals surface area contributed by atoms with Crippen molar-refractivity contribution in [2.45, 2.75) is 69.6 Å². The van der Waals surface area contributed by atoms with Gasteiger partial charge in [-0.15, -0.1) is 0 Å². The third-order valence-electron chi connectivity index (χ3n) is 11.1. The van der Waals surface area contributed by atoms with Gasteiger partial charge in [0.15, 0.2) is 0 Å². The van der Waals surface area contributed by atoms with Crippen molar-refractivity contribution in [3.05, 3.63) is 82.2 Å². The van der Waals surface area contributed by atoms with E-state index < -0.39 is 60.1 Å². The second-order valence-electron chi connectivity index (χ2n) is 15.2. The quantitative estimate of drug-likeness (QED) is 0.121. The molecule has 7 rings (SSSR count). The zero-order valence-electron chi connectivity index (χ0n) is 32.2. The smallest absolute Gasteiger partial charge is 0.351 e. The number of hydrogen-bond acceptors (Lipinski definition) is 9. The molecule has 0 bridgehead atoms. The molecular weight excluding hydrogens is 779 g/mol. The monoisotopic (exact) mass is 820 g/mol. The van der Waals surface area contributed by atoms with E-state index in [0.29, 0.717) is 53.4 Å². The van der Waals surface area contributed by atoms with Crippen molar-refractivity contribution in [2.24, 2.45) is 13.0 Å². The van der Waals surface area contributed by atoms with Crippen molar-refractivity contribution in [3.63, 3.8) is 0 Å². The molecule has 2 aliphatic rings. The maximum Gasteiger partial charge on any atom is 0.433 e. The molecule has 19 heteroatoms. The highest BCUT2D eigenvalue weighted by Crippen LogP contribution is 2.37. The molecule has 1 saturated heterocycles. The first-order valence-electron chi connectivity index (χ1n) is 19.2. The van der Waals surface area contributed by atoms with E-state index in [4.69, 9.17) is 0 Å². The number of amides is 3. The topological polar surface area (TPSA) is 163 Å². The number of hydrogen-bond donors (Lipinski definition) is 2. The molecule has 2 N–H and O–H groups in total. The molecule has 2 fully saturated rings. The summed E-state index contributed by atoms with van der Waals surface area (Å²) in [6, 6.07) is 12.0. The van der Waals surface area contributed by atoms with E-state index in [9.17, 15) is 37.6 Å². The van der Waals surface area contributed by atoms with Crippen LogP contribution in [-0.2, 0) is 22.8 Å². The van der Waals surface area contributed by atoms with Crippen molar-refractivity contribution < 1.29 is 36.3 Å². The van der Waals surface area contributed by atoms with Crippen molar-refractivity contribution >= 4 is 51.5 Å². The molecule has 310 valence electrons. The lowest BCUT2D eigenvalue weighted by atomic mass is 9.85. The Morgan fingerprint density at radius 3 is 2.53 bits per heavy atom. The number of benzene rings is 2. The minimum Gasteiger partial charge on any atom is -0.351 e. The normalized spacial score (nSPS) is 19.1. The number of carbonyl (C=O) groups excluding carboxylic acids is 3. The van der Waals surface area contributed by atoms with E-state index in [-0.39, 0.29) is 42.7 Å². The highest BCUT2D eigenvalue weighted by atomic mass is 19.4. The number of halogens is 5. The van der Waals surface area contributed by atoms with Gasteiger partial charge in [-0.3, -0.25) is 38.4 Å². The number of pyridine rings is 1. The van der Waals surface area contributed by atoms with E-state index in [1.165, 1.54) is 28.3 Å². The number of nitrogens with one attached hydrogen (secondary N) is 2. The van der Waals surface area contributed by atoms with Crippen LogP contribution in [0, 0.1) is 17.2 Å². The van der Waals surface area contributed by atoms with Crippen LogP contribution < -0.4 is 21.2 Å². The largest absolute Gasteiger partial charge is 0.433 e. The summed E-state index contributed by atoms with van der Waals surface area (Å²) in [7, 11) is 1.54. The van der Waals surface area contributed by atoms with Gasteiger partial charge < -0.3 is 10.2 Å². The Hall–Kier alpha value is -6.16. The van der Waals surface area contributed by atoms with Crippen LogP contribution >= 0.6 is 0 Å². The summed E-state index contributed by atoms with van der Waals surface area (Å²) in [5.74, 6) is -4.50. The fourth-order valence-corrected chi connectivity index (χ4v) is 8.40. The molecular formula is C40H41F5N10O4. The Balaban J connectivity index is 1.04. The number of imidazole rings is 1. The summed E-state index contributed by atoms with van der Waals surface area (Å²) in [5.41, 5.74) is -0.288. The number of nitriles is 1. The molecule has 1 aliphatic carbocycles. The standard InChI is InChI=1S/C40H41F5N10O4/c1-3-6-33(37(58)47-22-56)55-32-9-5-8-31(35(32)51(2)38(55)59)53-21-39(41,42)20-52(23-53)18-24-11-13-27(14-12-24)54-19-26-16-29(25(17-46)15-30(26)50-54)49-36(57)28-7-4-10-34(48-28)40(43,44)45/h4-5,7-10,15-16,19,22,24,27,33H,3,6,11-14,18,20-21,23H2,1-2H3,(H,49,57)(H,47,56,58). The highest BCUT2D eigenvalue weighted by Gasteiger charge is 2.41. The van der Waals surface area contributed by atoms with E-state index in [2.05, 4.69) is 20.7 Å². The number of anilines is 2. The Bertz CT molecular complexity index is 2510. The van der Waals surface area contributed by atoms with Gasteiger partial charge in [-0.2, -0.15) is 23.5 Å². The Kier molecular flexibility index (Phi) is 11.3. The molecule has 3 amide bonds. The first kappa shape index (κ1) is 41.0. The minimum atomic E-state index is -4.74. The summed E-state index contributed by atoms with van der Waals surface area (Å²) in [6.07, 6.45) is 1.01. The number of fused-ring (bicyclic) bond motifs is 2. The third-order valence-corrected chi connectivity index (χ3v) is 11.1. The van der Waals surface area contributed by atoms with Crippen LogP contribution in [0.15, 0.2) is 59.5 Å². The third kappa shape index (κ3) is 8.40. The molecule has 1 saturated carbocycles. The van der Waals surface area contributed by atoms with Crippen molar-refractivity contribution in [1.82, 2.24) is 34.1 Å². The van der Waals surface area contributed by atoms with Crippen LogP contribution in [0.4, 0.5) is 33.3 Å². The number of para-hydroxylation sites is 1. The van der Waals surface area contributed by atoms with E-state index in [1.54, 1.807) is 38.9 Å². The predicted octanol–water partition coefficient (Wildman–Crippen LogP) is 5.99. The number of aryl methyl sites for hydroxylation is 1. The summed E-state index contributed by atoms with van der Waals surface area (Å²) in [4.78, 5) is 57.1. The minimum absolute atomic E-state index is 0.0242. The van der Waals surface area contributed by atoms with Crippen molar-refractivity contribution in [2.75, 3.05) is 36.5 Å². The zero-order valence-corrected chi connectivity index (χ0v) is 32.2. The average molecular weight is 821 g/mol. The zero-order chi connectivity index (χ0) is 42.2. The lowest BCUT2D eigenvalue weighted by molar-refractivity contribution is -0.141. The second-order valence-corrected chi connectivity index (χ2v) is 15.2. The van der Waals surface area contributed by atoms with Gasteiger partial charge in [0.25, 0.3) is 11.8 Å². The molecule has 1 aliphatic heterocycles. The molecule has 0 radical (unpaired) electrons. The van der Waals surface area contributed by atoms with E-state index >= 15 is 8.78 Å². The predicted molar refractivity (Wildman–Crippen MR) is 207 cm³/mol. The lowest BCUT2D eigenvalue weighted by Crippen LogP contribution is -2.57. The highest BCUT2D eigenvalue weighted by molar-refractivity contribution is 6.05. The second kappa shape index (κ2) is 16.2. The van der Waals surface area contributed by atoms with Gasteiger partial charge in [0.05, 0.1) is 59.3 Å². The SMILES string of the molecule is CCCC(C(=O)NC=O)n1c(=O)n(C)c2c(N3CN(CC4CCC(n5cc6cc(NC(=O)c7cccc(C(F)(F)F)n7)c(C#N)cc6n5)CC4)CC(F)(F)C3)cccc21. The lowest BCUT2D eigenvalue weighted by Gasteiger charge is -2.43. The summed E-state index contributed by atoms with van der Waals surface area (Å²) >= 11 is 0. The van der Waals surface area contributed by atoms with Crippen molar-refractivity contribution in [1.29, 1.82) is 5.26 Å². The summed E-state index contributed by atoms with van der Waals surface area (Å²) < 4.78 is 75.0. The van der Waals surface area contributed by atoms with Gasteiger partial charge >= 0.3 is 11.9 Å². The first-order valence-corrected chi connectivity index (χ1v) is 19.2. The molecule has 3 aromatic heterocycles. The number of imide groups is 1.